The summed E-state index contributed by atoms with van der Waals surface area (Å²) in [5.41, 5.74) is 0.267. The first-order valence-electron chi connectivity index (χ1n) is 7.31. The van der Waals surface area contributed by atoms with Gasteiger partial charge in [-0.15, -0.1) is 0 Å². The van der Waals surface area contributed by atoms with Crippen LogP contribution in [-0.4, -0.2) is 19.5 Å². The normalized spacial score (nSPS) is 10.6. The zero-order chi connectivity index (χ0) is 17.1. The van der Waals surface area contributed by atoms with E-state index in [-0.39, 0.29) is 5.95 Å². The molecule has 0 saturated carbocycles. The van der Waals surface area contributed by atoms with E-state index < -0.39 is 5.69 Å². The number of rotatable bonds is 4. The quantitative estimate of drug-likeness (QED) is 0.578. The molecule has 2 heterocycles. The van der Waals surface area contributed by atoms with Crippen LogP contribution in [0.3, 0.4) is 0 Å². The van der Waals surface area contributed by atoms with Gasteiger partial charge in [0.2, 0.25) is 0 Å². The molecule has 122 valence electrons. The molecule has 0 aliphatic rings. The molecule has 0 aliphatic heterocycles. The summed E-state index contributed by atoms with van der Waals surface area (Å²) in [6, 6.07) is 12.4. The molecular weight excluding hydrogens is 328 g/mol. The highest BCUT2D eigenvalue weighted by molar-refractivity contribution is 6.30. The second-order valence-corrected chi connectivity index (χ2v) is 5.38. The molecule has 2 aromatic heterocycles. The lowest BCUT2D eigenvalue weighted by molar-refractivity contribution is 0.681. The van der Waals surface area contributed by atoms with Gasteiger partial charge in [0.05, 0.1) is 0 Å². The van der Waals surface area contributed by atoms with Crippen LogP contribution in [-0.2, 0) is 6.54 Å². The molecule has 0 aliphatic carbocycles. The first kappa shape index (κ1) is 16.1. The number of hydrazine groups is 1. The minimum absolute atomic E-state index is 0.0679. The van der Waals surface area contributed by atoms with Gasteiger partial charge in [-0.05, 0) is 31.2 Å². The van der Waals surface area contributed by atoms with Crippen LogP contribution in [0.2, 0.25) is 5.02 Å². The van der Waals surface area contributed by atoms with Crippen LogP contribution < -0.4 is 16.5 Å². The number of benzene rings is 1. The lowest BCUT2D eigenvalue weighted by Crippen LogP contribution is -2.33. The van der Waals surface area contributed by atoms with E-state index in [1.54, 1.807) is 42.6 Å². The van der Waals surface area contributed by atoms with Crippen LogP contribution in [0, 0.1) is 0 Å². The Bertz CT molecular complexity index is 912. The molecule has 0 radical (unpaired) electrons. The fraction of sp³-hybridized carbons (Fsp3) is 0.125. The zero-order valence-electron chi connectivity index (χ0n) is 12.9. The summed E-state index contributed by atoms with van der Waals surface area (Å²) in [5, 5.41) is 1.73. The minimum Gasteiger partial charge on any atom is -0.276 e. The van der Waals surface area contributed by atoms with Crippen LogP contribution in [0.1, 0.15) is 6.92 Å². The number of nitrogens with two attached hydrogens (primary N) is 1. The van der Waals surface area contributed by atoms with E-state index in [0.29, 0.717) is 28.8 Å². The van der Waals surface area contributed by atoms with Crippen molar-refractivity contribution >= 4 is 23.4 Å². The molecule has 1 aromatic carbocycles. The number of aromatic nitrogens is 4. The van der Waals surface area contributed by atoms with E-state index in [9.17, 15) is 4.79 Å². The second-order valence-electron chi connectivity index (χ2n) is 4.94. The zero-order valence-corrected chi connectivity index (χ0v) is 13.7. The number of hydrogen-bond donors (Lipinski definition) is 1. The molecule has 3 rings (SSSR count). The Hall–Kier alpha value is -2.77. The number of hydrogen-bond acceptors (Lipinski definition) is 6. The molecule has 24 heavy (non-hydrogen) atoms. The summed E-state index contributed by atoms with van der Waals surface area (Å²) in [6.07, 6.45) is 1.60. The van der Waals surface area contributed by atoms with Gasteiger partial charge in [0.15, 0.2) is 0 Å². The van der Waals surface area contributed by atoms with Gasteiger partial charge < -0.3 is 0 Å². The maximum Gasteiger partial charge on any atom is 0.352 e. The summed E-state index contributed by atoms with van der Waals surface area (Å²) >= 11 is 6.05. The van der Waals surface area contributed by atoms with Crippen molar-refractivity contribution in [1.82, 2.24) is 19.5 Å². The van der Waals surface area contributed by atoms with Gasteiger partial charge in [-0.3, -0.25) is 4.57 Å². The summed E-state index contributed by atoms with van der Waals surface area (Å²) in [7, 11) is 0. The predicted molar refractivity (Wildman–Crippen MR) is 93.0 cm³/mol. The Morgan fingerprint density at radius 3 is 2.71 bits per heavy atom. The lowest BCUT2D eigenvalue weighted by atomic mass is 10.2. The van der Waals surface area contributed by atoms with E-state index in [4.69, 9.17) is 17.4 Å². The van der Waals surface area contributed by atoms with Gasteiger partial charge in [-0.2, -0.15) is 9.97 Å². The van der Waals surface area contributed by atoms with Gasteiger partial charge in [-0.1, -0.05) is 29.8 Å². The largest absolute Gasteiger partial charge is 0.352 e. The van der Waals surface area contributed by atoms with Crippen molar-refractivity contribution in [3.05, 3.63) is 64.2 Å². The highest BCUT2D eigenvalue weighted by Crippen LogP contribution is 2.22. The molecule has 8 heteroatoms. The smallest absolute Gasteiger partial charge is 0.276 e. The molecule has 3 aromatic rings. The Balaban J connectivity index is 2.15. The van der Waals surface area contributed by atoms with Crippen molar-refractivity contribution in [3.63, 3.8) is 0 Å². The monoisotopic (exact) mass is 342 g/mol. The molecule has 2 N–H and O–H groups in total. The van der Waals surface area contributed by atoms with E-state index >= 15 is 0 Å². The molecule has 0 unspecified atom stereocenters. The average Bonchev–Trinajstić information content (AvgIpc) is 2.61. The van der Waals surface area contributed by atoms with Gasteiger partial charge in [0, 0.05) is 23.3 Å². The summed E-state index contributed by atoms with van der Waals surface area (Å²) < 4.78 is 1.46. The second kappa shape index (κ2) is 6.77. The molecule has 0 spiro atoms. The van der Waals surface area contributed by atoms with Crippen molar-refractivity contribution in [2.24, 2.45) is 5.84 Å². The van der Waals surface area contributed by atoms with Gasteiger partial charge in [0.1, 0.15) is 11.6 Å². The van der Waals surface area contributed by atoms with E-state index in [2.05, 4.69) is 15.0 Å². The summed E-state index contributed by atoms with van der Waals surface area (Å²) in [4.78, 5) is 24.9. The maximum absolute atomic E-state index is 12.4. The Morgan fingerprint density at radius 2 is 2.04 bits per heavy atom. The lowest BCUT2D eigenvalue weighted by Gasteiger charge is -2.17. The third-order valence-corrected chi connectivity index (χ3v) is 3.63. The fourth-order valence-corrected chi connectivity index (χ4v) is 2.45. The molecule has 7 nitrogen and oxygen atoms in total. The highest BCUT2D eigenvalue weighted by Gasteiger charge is 2.16. The minimum atomic E-state index is -0.441. The number of nitrogens with zero attached hydrogens (tertiary/aromatic N) is 5. The molecule has 0 bridgehead atoms. The molecular formula is C16H15ClN6O. The van der Waals surface area contributed by atoms with E-state index in [1.165, 1.54) is 9.58 Å². The van der Waals surface area contributed by atoms with Crippen molar-refractivity contribution in [2.45, 2.75) is 13.5 Å². The predicted octanol–water partition coefficient (Wildman–Crippen LogP) is 2.39. The van der Waals surface area contributed by atoms with Gasteiger partial charge >= 0.3 is 5.69 Å². The third kappa shape index (κ3) is 3.12. The fourth-order valence-electron chi connectivity index (χ4n) is 2.26. The van der Waals surface area contributed by atoms with Gasteiger partial charge in [-0.25, -0.2) is 20.6 Å². The van der Waals surface area contributed by atoms with Crippen LogP contribution >= 0.6 is 11.6 Å². The molecule has 0 fully saturated rings. The Labute approximate surface area is 143 Å². The topological polar surface area (TPSA) is 89.9 Å². The molecule has 0 atom stereocenters. The maximum atomic E-state index is 12.4. The standard InChI is InChI=1S/C16H15ClN6O/c1-2-22-14(11-6-5-7-12(17)10-11)20-15(21-16(22)24)23(18)13-8-3-4-9-19-13/h3-10H,2,18H2,1H3. The summed E-state index contributed by atoms with van der Waals surface area (Å²) in [5.74, 6) is 6.97. The van der Waals surface area contributed by atoms with Crippen molar-refractivity contribution in [3.8, 4) is 11.4 Å². The van der Waals surface area contributed by atoms with Crippen LogP contribution in [0.5, 0.6) is 0 Å². The SMILES string of the molecule is CCn1c(-c2cccc(Cl)c2)nc(N(N)c2ccccn2)nc1=O. The molecule has 0 amide bonds. The number of anilines is 2. The van der Waals surface area contributed by atoms with E-state index in [1.807, 2.05) is 13.0 Å². The Kier molecular flexibility index (Phi) is 4.54. The number of pyridine rings is 1. The van der Waals surface area contributed by atoms with Crippen molar-refractivity contribution in [2.75, 3.05) is 5.01 Å². The highest BCUT2D eigenvalue weighted by atomic mass is 35.5. The van der Waals surface area contributed by atoms with Crippen LogP contribution in [0.4, 0.5) is 11.8 Å². The van der Waals surface area contributed by atoms with Gasteiger partial charge in [0.25, 0.3) is 5.95 Å². The van der Waals surface area contributed by atoms with E-state index in [0.717, 1.165) is 0 Å². The van der Waals surface area contributed by atoms with Crippen molar-refractivity contribution in [1.29, 1.82) is 0 Å². The van der Waals surface area contributed by atoms with Crippen LogP contribution in [0.25, 0.3) is 11.4 Å². The first-order valence-corrected chi connectivity index (χ1v) is 7.68. The average molecular weight is 343 g/mol. The Morgan fingerprint density at radius 1 is 1.21 bits per heavy atom. The third-order valence-electron chi connectivity index (χ3n) is 3.40. The first-order chi connectivity index (χ1) is 11.6. The van der Waals surface area contributed by atoms with Crippen LogP contribution in [0.15, 0.2) is 53.5 Å². The summed E-state index contributed by atoms with van der Waals surface area (Å²) in [6.45, 7) is 2.27. The number of halogens is 1. The molecule has 0 saturated heterocycles. The van der Waals surface area contributed by atoms with Crippen molar-refractivity contribution < 1.29 is 0 Å².